The van der Waals surface area contributed by atoms with Gasteiger partial charge in [0, 0.05) is 11.5 Å². The molecule has 3 rings (SSSR count). The maximum atomic E-state index is 14.3. The smallest absolute Gasteiger partial charge is 0.429 e. The first-order valence-corrected chi connectivity index (χ1v) is 7.69. The van der Waals surface area contributed by atoms with Crippen molar-refractivity contribution in [3.63, 3.8) is 0 Å². The van der Waals surface area contributed by atoms with E-state index in [9.17, 15) is 22.0 Å². The fraction of sp³-hybridized carbons (Fsp3) is 0.158. The first-order chi connectivity index (χ1) is 12.3. The summed E-state index contributed by atoms with van der Waals surface area (Å²) < 4.78 is 79.2. The second-order valence-electron chi connectivity index (χ2n) is 5.44. The van der Waals surface area contributed by atoms with E-state index < -0.39 is 29.1 Å². The maximum Gasteiger partial charge on any atom is 0.429 e. The Bertz CT molecular complexity index is 956. The molecule has 7 heteroatoms. The molecule has 3 aromatic carbocycles. The van der Waals surface area contributed by atoms with Crippen LogP contribution in [0.5, 0.6) is 11.5 Å². The minimum absolute atomic E-state index is 0.0760. The highest BCUT2D eigenvalue weighted by molar-refractivity contribution is 5.84. The van der Waals surface area contributed by atoms with Crippen molar-refractivity contribution in [2.45, 2.75) is 13.0 Å². The Morgan fingerprint density at radius 3 is 2.27 bits per heavy atom. The topological polar surface area (TPSA) is 18.5 Å². The van der Waals surface area contributed by atoms with Gasteiger partial charge in [0.2, 0.25) is 0 Å². The molecule has 0 fully saturated rings. The van der Waals surface area contributed by atoms with Gasteiger partial charge in [-0.3, -0.25) is 0 Å². The summed E-state index contributed by atoms with van der Waals surface area (Å²) in [6.07, 6.45) is -3.97. The quantitative estimate of drug-likeness (QED) is 0.531. The molecular formula is C19H13F5O2. The number of hydrogen-bond acceptors (Lipinski definition) is 2. The van der Waals surface area contributed by atoms with E-state index in [1.54, 1.807) is 6.92 Å². The summed E-state index contributed by atoms with van der Waals surface area (Å²) in [5, 5.41) is 0.0947. The molecule has 0 amide bonds. The third-order valence-electron chi connectivity index (χ3n) is 3.69. The minimum Gasteiger partial charge on any atom is -0.494 e. The summed E-state index contributed by atoms with van der Waals surface area (Å²) >= 11 is 0. The molecular weight excluding hydrogens is 355 g/mol. The van der Waals surface area contributed by atoms with Crippen LogP contribution in [0.25, 0.3) is 10.8 Å². The van der Waals surface area contributed by atoms with Crippen LogP contribution in [0.3, 0.4) is 0 Å². The Kier molecular flexibility index (Phi) is 4.71. The van der Waals surface area contributed by atoms with Crippen LogP contribution in [0.1, 0.15) is 12.5 Å². The van der Waals surface area contributed by atoms with Crippen molar-refractivity contribution in [2.24, 2.45) is 0 Å². The molecule has 0 aliphatic heterocycles. The SMILES string of the molecule is CCOc1ccc(C(F)(F)Oc2ccc3c(F)c(F)ccc3c2)c(F)c1. The van der Waals surface area contributed by atoms with Gasteiger partial charge >= 0.3 is 6.11 Å². The highest BCUT2D eigenvalue weighted by Crippen LogP contribution is 2.35. The summed E-state index contributed by atoms with van der Waals surface area (Å²) in [4.78, 5) is 0. The van der Waals surface area contributed by atoms with E-state index in [4.69, 9.17) is 4.74 Å². The van der Waals surface area contributed by atoms with Gasteiger partial charge in [-0.1, -0.05) is 6.07 Å². The van der Waals surface area contributed by atoms with Crippen molar-refractivity contribution >= 4 is 10.8 Å². The molecule has 2 nitrogen and oxygen atoms in total. The second-order valence-corrected chi connectivity index (χ2v) is 5.44. The third kappa shape index (κ3) is 3.42. The molecule has 3 aromatic rings. The lowest BCUT2D eigenvalue weighted by Gasteiger charge is -2.19. The van der Waals surface area contributed by atoms with Gasteiger partial charge in [0.25, 0.3) is 0 Å². The third-order valence-corrected chi connectivity index (χ3v) is 3.69. The molecule has 0 aliphatic carbocycles. The van der Waals surface area contributed by atoms with Crippen LogP contribution >= 0.6 is 0 Å². The van der Waals surface area contributed by atoms with Crippen molar-refractivity contribution < 1.29 is 31.4 Å². The summed E-state index contributed by atoms with van der Waals surface area (Å²) in [7, 11) is 0. The lowest BCUT2D eigenvalue weighted by molar-refractivity contribution is -0.187. The lowest BCUT2D eigenvalue weighted by Crippen LogP contribution is -2.23. The molecule has 0 saturated carbocycles. The average Bonchev–Trinajstić information content (AvgIpc) is 2.58. The van der Waals surface area contributed by atoms with E-state index >= 15 is 0 Å². The van der Waals surface area contributed by atoms with Crippen LogP contribution in [0.15, 0.2) is 48.5 Å². The van der Waals surface area contributed by atoms with E-state index in [0.29, 0.717) is 0 Å². The standard InChI is InChI=1S/C19H13F5O2/c1-2-25-12-5-7-15(17(21)10-12)19(23,24)26-13-4-6-14-11(9-13)3-8-16(20)18(14)22/h3-10H,2H2,1H3. The Hall–Kier alpha value is -2.83. The highest BCUT2D eigenvalue weighted by Gasteiger charge is 2.38. The Balaban J connectivity index is 1.92. The highest BCUT2D eigenvalue weighted by atomic mass is 19.3. The van der Waals surface area contributed by atoms with Crippen LogP contribution < -0.4 is 9.47 Å². The van der Waals surface area contributed by atoms with E-state index in [-0.39, 0.29) is 28.9 Å². The lowest BCUT2D eigenvalue weighted by atomic mass is 10.1. The van der Waals surface area contributed by atoms with Gasteiger partial charge in [-0.2, -0.15) is 8.78 Å². The van der Waals surface area contributed by atoms with Crippen LogP contribution in [-0.2, 0) is 6.11 Å². The fourth-order valence-corrected chi connectivity index (χ4v) is 2.50. The Labute approximate surface area is 145 Å². The fourth-order valence-electron chi connectivity index (χ4n) is 2.50. The first-order valence-electron chi connectivity index (χ1n) is 7.69. The summed E-state index contributed by atoms with van der Waals surface area (Å²) in [6.45, 7) is 1.94. The molecule has 0 atom stereocenters. The zero-order chi connectivity index (χ0) is 18.9. The first kappa shape index (κ1) is 18.0. The van der Waals surface area contributed by atoms with E-state index in [0.717, 1.165) is 36.4 Å². The van der Waals surface area contributed by atoms with E-state index in [1.807, 2.05) is 0 Å². The van der Waals surface area contributed by atoms with Crippen molar-refractivity contribution in [3.05, 3.63) is 71.5 Å². The number of benzene rings is 3. The summed E-state index contributed by atoms with van der Waals surface area (Å²) in [5.41, 5.74) is -0.966. The molecule has 26 heavy (non-hydrogen) atoms. The predicted molar refractivity (Wildman–Crippen MR) is 86.0 cm³/mol. The second kappa shape index (κ2) is 6.82. The van der Waals surface area contributed by atoms with Gasteiger partial charge in [0.15, 0.2) is 11.6 Å². The van der Waals surface area contributed by atoms with E-state index in [1.165, 1.54) is 12.1 Å². The Morgan fingerprint density at radius 2 is 1.58 bits per heavy atom. The van der Waals surface area contributed by atoms with Gasteiger partial charge in [0.1, 0.15) is 22.9 Å². The average molecular weight is 368 g/mol. The van der Waals surface area contributed by atoms with Gasteiger partial charge in [-0.25, -0.2) is 13.2 Å². The molecule has 0 aliphatic rings. The number of rotatable bonds is 5. The Morgan fingerprint density at radius 1 is 0.846 bits per heavy atom. The number of halogens is 5. The summed E-state index contributed by atoms with van der Waals surface area (Å²) in [6, 6.07) is 8.34. The molecule has 0 N–H and O–H groups in total. The van der Waals surface area contributed by atoms with E-state index in [2.05, 4.69) is 4.74 Å². The summed E-state index contributed by atoms with van der Waals surface area (Å²) in [5.74, 6) is -3.52. The molecule has 0 heterocycles. The largest absolute Gasteiger partial charge is 0.494 e. The maximum absolute atomic E-state index is 14.3. The number of hydrogen-bond donors (Lipinski definition) is 0. The minimum atomic E-state index is -3.97. The zero-order valence-electron chi connectivity index (χ0n) is 13.5. The van der Waals surface area contributed by atoms with Crippen LogP contribution in [-0.4, -0.2) is 6.61 Å². The van der Waals surface area contributed by atoms with Crippen LogP contribution in [0.4, 0.5) is 22.0 Å². The van der Waals surface area contributed by atoms with Crippen molar-refractivity contribution in [3.8, 4) is 11.5 Å². The van der Waals surface area contributed by atoms with Crippen LogP contribution in [0.2, 0.25) is 0 Å². The van der Waals surface area contributed by atoms with Crippen molar-refractivity contribution in [1.82, 2.24) is 0 Å². The van der Waals surface area contributed by atoms with Crippen LogP contribution in [0, 0.1) is 17.5 Å². The number of alkyl halides is 2. The van der Waals surface area contributed by atoms with Crippen molar-refractivity contribution in [1.29, 1.82) is 0 Å². The normalized spacial score (nSPS) is 11.6. The molecule has 0 radical (unpaired) electrons. The molecule has 0 saturated heterocycles. The van der Waals surface area contributed by atoms with Gasteiger partial charge in [-0.05, 0) is 48.7 Å². The molecule has 136 valence electrons. The number of ether oxygens (including phenoxy) is 2. The molecule has 0 bridgehead atoms. The molecule has 0 spiro atoms. The van der Waals surface area contributed by atoms with Crippen molar-refractivity contribution in [2.75, 3.05) is 6.61 Å². The van der Waals surface area contributed by atoms with Gasteiger partial charge in [-0.15, -0.1) is 0 Å². The number of fused-ring (bicyclic) bond motifs is 1. The predicted octanol–water partition coefficient (Wildman–Crippen LogP) is 5.78. The molecule has 0 aromatic heterocycles. The molecule has 0 unspecified atom stereocenters. The van der Waals surface area contributed by atoms with Gasteiger partial charge in [0.05, 0.1) is 6.61 Å². The van der Waals surface area contributed by atoms with Gasteiger partial charge < -0.3 is 9.47 Å². The monoisotopic (exact) mass is 368 g/mol. The zero-order valence-corrected chi connectivity index (χ0v) is 13.5.